The molecular formula is C12H11N3O. The van der Waals surface area contributed by atoms with E-state index in [1.54, 1.807) is 6.20 Å². The standard InChI is InChI=1S/C12H11N3O/c13-6-9-7-14-15-12(9)11-5-8-3-1-2-4-10(8)16-11/h1-5,7H,6,13H2,(H,14,15). The summed E-state index contributed by atoms with van der Waals surface area (Å²) in [7, 11) is 0. The molecule has 0 aliphatic rings. The van der Waals surface area contributed by atoms with E-state index in [0.29, 0.717) is 6.54 Å². The number of para-hydroxylation sites is 1. The van der Waals surface area contributed by atoms with Crippen LogP contribution in [0.3, 0.4) is 0 Å². The highest BCUT2D eigenvalue weighted by molar-refractivity contribution is 5.82. The Morgan fingerprint density at radius 2 is 2.19 bits per heavy atom. The van der Waals surface area contributed by atoms with Gasteiger partial charge in [0.2, 0.25) is 0 Å². The van der Waals surface area contributed by atoms with Gasteiger partial charge in [-0.05, 0) is 12.1 Å². The zero-order valence-electron chi connectivity index (χ0n) is 8.60. The molecule has 0 atom stereocenters. The van der Waals surface area contributed by atoms with Gasteiger partial charge in [-0.1, -0.05) is 18.2 Å². The number of fused-ring (bicyclic) bond motifs is 1. The minimum atomic E-state index is 0.447. The molecular weight excluding hydrogens is 202 g/mol. The molecule has 4 heteroatoms. The van der Waals surface area contributed by atoms with Crippen LogP contribution in [0.1, 0.15) is 5.56 Å². The first kappa shape index (κ1) is 9.18. The summed E-state index contributed by atoms with van der Waals surface area (Å²) in [5.41, 5.74) is 8.31. The normalized spacial score (nSPS) is 11.1. The van der Waals surface area contributed by atoms with E-state index < -0.39 is 0 Å². The molecule has 4 nitrogen and oxygen atoms in total. The minimum absolute atomic E-state index is 0.447. The number of aromatic nitrogens is 2. The van der Waals surface area contributed by atoms with Crippen molar-refractivity contribution in [2.75, 3.05) is 0 Å². The maximum absolute atomic E-state index is 5.73. The molecule has 0 saturated heterocycles. The van der Waals surface area contributed by atoms with Gasteiger partial charge < -0.3 is 10.2 Å². The Bertz CT molecular complexity index is 591. The minimum Gasteiger partial charge on any atom is -0.454 e. The Hall–Kier alpha value is -2.07. The van der Waals surface area contributed by atoms with E-state index in [9.17, 15) is 0 Å². The smallest absolute Gasteiger partial charge is 0.153 e. The zero-order chi connectivity index (χ0) is 11.0. The number of nitrogens with one attached hydrogen (secondary N) is 1. The summed E-state index contributed by atoms with van der Waals surface area (Å²) in [5.74, 6) is 0.777. The molecule has 0 fully saturated rings. The number of rotatable bonds is 2. The van der Waals surface area contributed by atoms with Crippen molar-refractivity contribution in [3.63, 3.8) is 0 Å². The molecule has 0 amide bonds. The van der Waals surface area contributed by atoms with E-state index in [-0.39, 0.29) is 0 Å². The van der Waals surface area contributed by atoms with E-state index in [1.807, 2.05) is 30.3 Å². The molecule has 0 radical (unpaired) electrons. The number of H-pyrrole nitrogens is 1. The molecule has 0 saturated carbocycles. The number of benzene rings is 1. The fourth-order valence-electron chi connectivity index (χ4n) is 1.78. The van der Waals surface area contributed by atoms with Crippen LogP contribution in [0.15, 0.2) is 40.9 Å². The van der Waals surface area contributed by atoms with Crippen molar-refractivity contribution in [3.05, 3.63) is 42.1 Å². The molecule has 3 rings (SSSR count). The molecule has 80 valence electrons. The van der Waals surface area contributed by atoms with Crippen LogP contribution in [-0.4, -0.2) is 10.2 Å². The van der Waals surface area contributed by atoms with Crippen LogP contribution in [0.25, 0.3) is 22.4 Å². The maximum atomic E-state index is 5.73. The number of nitrogens with zero attached hydrogens (tertiary/aromatic N) is 1. The summed E-state index contributed by atoms with van der Waals surface area (Å²) in [6.07, 6.45) is 1.72. The van der Waals surface area contributed by atoms with Gasteiger partial charge in [0, 0.05) is 17.5 Å². The second-order valence-electron chi connectivity index (χ2n) is 3.62. The van der Waals surface area contributed by atoms with E-state index in [4.69, 9.17) is 10.2 Å². The summed E-state index contributed by atoms with van der Waals surface area (Å²) in [5, 5.41) is 7.96. The van der Waals surface area contributed by atoms with E-state index in [1.165, 1.54) is 0 Å². The van der Waals surface area contributed by atoms with Gasteiger partial charge in [0.1, 0.15) is 11.3 Å². The van der Waals surface area contributed by atoms with Crippen LogP contribution in [0.2, 0.25) is 0 Å². The summed E-state index contributed by atoms with van der Waals surface area (Å²) < 4.78 is 5.73. The van der Waals surface area contributed by atoms with Gasteiger partial charge >= 0.3 is 0 Å². The third-order valence-electron chi connectivity index (χ3n) is 2.61. The van der Waals surface area contributed by atoms with Crippen LogP contribution in [0.4, 0.5) is 0 Å². The quantitative estimate of drug-likeness (QED) is 0.686. The molecule has 0 spiro atoms. The summed E-state index contributed by atoms with van der Waals surface area (Å²) >= 11 is 0. The summed E-state index contributed by atoms with van der Waals surface area (Å²) in [6, 6.07) is 9.88. The third kappa shape index (κ3) is 1.31. The van der Waals surface area contributed by atoms with Crippen molar-refractivity contribution < 1.29 is 4.42 Å². The topological polar surface area (TPSA) is 67.8 Å². The third-order valence-corrected chi connectivity index (χ3v) is 2.61. The van der Waals surface area contributed by atoms with Crippen molar-refractivity contribution >= 4 is 11.0 Å². The molecule has 1 aromatic carbocycles. The fraction of sp³-hybridized carbons (Fsp3) is 0.0833. The average molecular weight is 213 g/mol. The van der Waals surface area contributed by atoms with Crippen molar-refractivity contribution in [1.29, 1.82) is 0 Å². The Kier molecular flexibility index (Phi) is 2.01. The Balaban J connectivity index is 2.19. The lowest BCUT2D eigenvalue weighted by molar-refractivity contribution is 0.627. The fourth-order valence-corrected chi connectivity index (χ4v) is 1.78. The Morgan fingerprint density at radius 3 is 3.00 bits per heavy atom. The highest BCUT2D eigenvalue weighted by atomic mass is 16.3. The van der Waals surface area contributed by atoms with E-state index >= 15 is 0 Å². The first-order valence-corrected chi connectivity index (χ1v) is 5.10. The SMILES string of the molecule is NCc1cn[nH]c1-c1cc2ccccc2o1. The van der Waals surface area contributed by atoms with Crippen molar-refractivity contribution in [2.45, 2.75) is 6.54 Å². The van der Waals surface area contributed by atoms with Gasteiger partial charge in [-0.25, -0.2) is 0 Å². The molecule has 3 aromatic rings. The first-order chi connectivity index (χ1) is 7.88. The number of nitrogens with two attached hydrogens (primary N) is 1. The Labute approximate surface area is 92.1 Å². The molecule has 0 aliphatic heterocycles. The monoisotopic (exact) mass is 213 g/mol. The largest absolute Gasteiger partial charge is 0.454 e. The molecule has 0 aliphatic carbocycles. The lowest BCUT2D eigenvalue weighted by Crippen LogP contribution is -1.95. The van der Waals surface area contributed by atoms with Gasteiger partial charge in [-0.2, -0.15) is 5.10 Å². The van der Waals surface area contributed by atoms with Gasteiger partial charge in [-0.15, -0.1) is 0 Å². The Morgan fingerprint density at radius 1 is 1.31 bits per heavy atom. The molecule has 0 unspecified atom stereocenters. The lowest BCUT2D eigenvalue weighted by Gasteiger charge is -1.94. The zero-order valence-corrected chi connectivity index (χ0v) is 8.60. The number of hydrogen-bond donors (Lipinski definition) is 2. The van der Waals surface area contributed by atoms with Crippen molar-refractivity contribution in [2.24, 2.45) is 5.73 Å². The lowest BCUT2D eigenvalue weighted by atomic mass is 10.2. The number of hydrogen-bond acceptors (Lipinski definition) is 3. The van der Waals surface area contributed by atoms with Gasteiger partial charge in [-0.3, -0.25) is 5.10 Å². The van der Waals surface area contributed by atoms with Crippen LogP contribution in [0.5, 0.6) is 0 Å². The summed E-state index contributed by atoms with van der Waals surface area (Å²) in [4.78, 5) is 0. The van der Waals surface area contributed by atoms with Crippen LogP contribution in [-0.2, 0) is 6.54 Å². The predicted molar refractivity (Wildman–Crippen MR) is 61.7 cm³/mol. The number of furan rings is 1. The van der Waals surface area contributed by atoms with Gasteiger partial charge in [0.15, 0.2) is 5.76 Å². The molecule has 3 N–H and O–H groups in total. The highest BCUT2D eigenvalue weighted by Crippen LogP contribution is 2.28. The maximum Gasteiger partial charge on any atom is 0.153 e. The highest BCUT2D eigenvalue weighted by Gasteiger charge is 2.11. The molecule has 0 bridgehead atoms. The van der Waals surface area contributed by atoms with Gasteiger partial charge in [0.25, 0.3) is 0 Å². The second-order valence-corrected chi connectivity index (χ2v) is 3.62. The average Bonchev–Trinajstić information content (AvgIpc) is 2.94. The van der Waals surface area contributed by atoms with Crippen molar-refractivity contribution in [3.8, 4) is 11.5 Å². The molecule has 16 heavy (non-hydrogen) atoms. The molecule has 2 aromatic heterocycles. The molecule has 2 heterocycles. The van der Waals surface area contributed by atoms with Crippen molar-refractivity contribution in [1.82, 2.24) is 10.2 Å². The summed E-state index contributed by atoms with van der Waals surface area (Å²) in [6.45, 7) is 0.447. The van der Waals surface area contributed by atoms with Crippen LogP contribution in [0, 0.1) is 0 Å². The number of aromatic amines is 1. The predicted octanol–water partition coefficient (Wildman–Crippen LogP) is 2.28. The van der Waals surface area contributed by atoms with Gasteiger partial charge in [0.05, 0.1) is 6.20 Å². The van der Waals surface area contributed by atoms with Crippen LogP contribution >= 0.6 is 0 Å². The first-order valence-electron chi connectivity index (χ1n) is 5.10. The van der Waals surface area contributed by atoms with E-state index in [0.717, 1.165) is 28.0 Å². The van der Waals surface area contributed by atoms with E-state index in [2.05, 4.69) is 10.2 Å². The second kappa shape index (κ2) is 3.50. The van der Waals surface area contributed by atoms with Crippen LogP contribution < -0.4 is 5.73 Å².